The predicted octanol–water partition coefficient (Wildman–Crippen LogP) is 1.12. The van der Waals surface area contributed by atoms with E-state index in [1.807, 2.05) is 12.2 Å². The van der Waals surface area contributed by atoms with Crippen molar-refractivity contribution in [3.05, 3.63) is 0 Å². The first-order valence-electron chi connectivity index (χ1n) is 5.53. The lowest BCUT2D eigenvalue weighted by Gasteiger charge is -2.29. The van der Waals surface area contributed by atoms with Crippen molar-refractivity contribution >= 4 is 23.6 Å². The van der Waals surface area contributed by atoms with Crippen LogP contribution >= 0.6 is 11.8 Å². The Morgan fingerprint density at radius 1 is 1.61 bits per heavy atom. The molecule has 0 aliphatic carbocycles. The molecule has 0 unspecified atom stereocenters. The largest absolute Gasteiger partial charge is 0.405 e. The van der Waals surface area contributed by atoms with Crippen LogP contribution in [0.4, 0.5) is 13.2 Å². The van der Waals surface area contributed by atoms with Crippen LogP contribution in [0.3, 0.4) is 0 Å². The average Bonchev–Trinajstić information content (AvgIpc) is 2.73. The van der Waals surface area contributed by atoms with Gasteiger partial charge >= 0.3 is 6.18 Å². The summed E-state index contributed by atoms with van der Waals surface area (Å²) in [6.45, 7) is 0.491. The number of thioether (sulfide) groups is 1. The first kappa shape index (κ1) is 13.5. The Hall–Kier alpha value is -0.920. The van der Waals surface area contributed by atoms with E-state index in [4.69, 9.17) is 0 Å². The lowest BCUT2D eigenvalue weighted by molar-refractivity contribution is -0.144. The van der Waals surface area contributed by atoms with Crippen LogP contribution in [0.15, 0.2) is 0 Å². The minimum absolute atomic E-state index is 0.158. The summed E-state index contributed by atoms with van der Waals surface area (Å²) in [5.41, 5.74) is 0. The topological polar surface area (TPSA) is 49.4 Å². The quantitative estimate of drug-likeness (QED) is 0.825. The maximum absolute atomic E-state index is 12.0. The second kappa shape index (κ2) is 4.32. The Balaban J connectivity index is 2.02. The van der Waals surface area contributed by atoms with Crippen molar-refractivity contribution in [2.75, 3.05) is 12.3 Å². The highest BCUT2D eigenvalue weighted by Crippen LogP contribution is 2.47. The second-order valence-corrected chi connectivity index (χ2v) is 6.10. The van der Waals surface area contributed by atoms with Gasteiger partial charge in [0.2, 0.25) is 11.8 Å². The number of carbonyl (C=O) groups excluding carboxylic acids is 2. The molecule has 0 spiro atoms. The molecule has 0 aromatic heterocycles. The lowest BCUT2D eigenvalue weighted by atomic mass is 10.2. The van der Waals surface area contributed by atoms with E-state index in [2.05, 4.69) is 0 Å². The number of fused-ring (bicyclic) bond motifs is 1. The zero-order valence-corrected chi connectivity index (χ0v) is 10.5. The van der Waals surface area contributed by atoms with E-state index < -0.39 is 29.5 Å². The normalized spacial score (nSPS) is 31.7. The maximum atomic E-state index is 12.0. The third kappa shape index (κ3) is 2.43. The van der Waals surface area contributed by atoms with Gasteiger partial charge in [-0.1, -0.05) is 0 Å². The van der Waals surface area contributed by atoms with Crippen molar-refractivity contribution in [2.45, 2.75) is 36.9 Å². The summed E-state index contributed by atoms with van der Waals surface area (Å²) in [6.07, 6.45) is -3.44. The predicted molar refractivity (Wildman–Crippen MR) is 59.8 cm³/mol. The molecule has 1 N–H and O–H groups in total. The molecule has 0 aromatic rings. The van der Waals surface area contributed by atoms with E-state index >= 15 is 0 Å². The van der Waals surface area contributed by atoms with Gasteiger partial charge < -0.3 is 10.2 Å². The lowest BCUT2D eigenvalue weighted by Crippen LogP contribution is -2.51. The Kier molecular flexibility index (Phi) is 3.25. The Labute approximate surface area is 106 Å². The summed E-state index contributed by atoms with van der Waals surface area (Å²) in [6, 6.07) is -0.780. The van der Waals surface area contributed by atoms with Gasteiger partial charge in [0.05, 0.1) is 4.87 Å². The zero-order chi connectivity index (χ0) is 13.6. The van der Waals surface area contributed by atoms with Crippen molar-refractivity contribution < 1.29 is 22.8 Å². The summed E-state index contributed by atoms with van der Waals surface area (Å²) in [4.78, 5) is 24.4. The summed E-state index contributed by atoms with van der Waals surface area (Å²) in [5, 5.41) is 1.84. The van der Waals surface area contributed by atoms with Crippen LogP contribution in [-0.4, -0.2) is 46.1 Å². The van der Waals surface area contributed by atoms with Crippen LogP contribution in [0.1, 0.15) is 19.8 Å². The van der Waals surface area contributed by atoms with Crippen molar-refractivity contribution in [1.82, 2.24) is 10.2 Å². The average molecular weight is 282 g/mol. The molecule has 102 valence electrons. The molecule has 2 saturated heterocycles. The molecule has 2 amide bonds. The molecule has 2 fully saturated rings. The number of hydrogen-bond donors (Lipinski definition) is 1. The zero-order valence-electron chi connectivity index (χ0n) is 9.71. The van der Waals surface area contributed by atoms with Crippen molar-refractivity contribution in [2.24, 2.45) is 0 Å². The van der Waals surface area contributed by atoms with Crippen LogP contribution in [-0.2, 0) is 9.59 Å². The number of alkyl halides is 3. The smallest absolute Gasteiger partial charge is 0.345 e. The van der Waals surface area contributed by atoms with Gasteiger partial charge in [-0.2, -0.15) is 13.2 Å². The van der Waals surface area contributed by atoms with Gasteiger partial charge in [0, 0.05) is 12.2 Å². The van der Waals surface area contributed by atoms with Gasteiger partial charge in [0.15, 0.2) is 0 Å². The van der Waals surface area contributed by atoms with Crippen LogP contribution in [0.2, 0.25) is 0 Å². The summed E-state index contributed by atoms with van der Waals surface area (Å²) in [7, 11) is 0. The third-order valence-electron chi connectivity index (χ3n) is 3.21. The Bertz CT molecular complexity index is 388. The number of halogens is 3. The molecule has 18 heavy (non-hydrogen) atoms. The third-order valence-corrected chi connectivity index (χ3v) is 4.72. The molecule has 2 rings (SSSR count). The molecule has 0 bridgehead atoms. The molecule has 4 nitrogen and oxygen atoms in total. The first-order valence-corrected chi connectivity index (χ1v) is 6.52. The highest BCUT2D eigenvalue weighted by atomic mass is 32.2. The fourth-order valence-corrected chi connectivity index (χ4v) is 3.75. The van der Waals surface area contributed by atoms with Gasteiger partial charge in [0.1, 0.15) is 12.6 Å². The minimum Gasteiger partial charge on any atom is -0.345 e. The van der Waals surface area contributed by atoms with Crippen LogP contribution in [0, 0.1) is 0 Å². The van der Waals surface area contributed by atoms with Crippen molar-refractivity contribution in [1.29, 1.82) is 0 Å². The first-order chi connectivity index (χ1) is 8.23. The molecular formula is C10H13F3N2O2S. The second-order valence-electron chi connectivity index (χ2n) is 4.60. The highest BCUT2D eigenvalue weighted by molar-refractivity contribution is 8.01. The maximum Gasteiger partial charge on any atom is 0.405 e. The molecule has 2 atom stereocenters. The molecular weight excluding hydrogens is 269 g/mol. The standard InChI is InChI=1S/C10H13F3N2O2S/c1-9-3-2-7(16)15(9)6(4-18-9)8(17)14-5-10(11,12)13/h6H,2-5H2,1H3,(H,14,17)/t6-,9-/m1/s1. The summed E-state index contributed by atoms with van der Waals surface area (Å²) < 4.78 is 36.1. The molecule has 2 heterocycles. The number of hydrogen-bond acceptors (Lipinski definition) is 3. The highest BCUT2D eigenvalue weighted by Gasteiger charge is 2.53. The van der Waals surface area contributed by atoms with Crippen LogP contribution in [0.5, 0.6) is 0 Å². The number of rotatable bonds is 2. The van der Waals surface area contributed by atoms with Gasteiger partial charge in [-0.15, -0.1) is 11.8 Å². The molecule has 0 saturated carbocycles. The molecule has 0 aromatic carbocycles. The van der Waals surface area contributed by atoms with Crippen molar-refractivity contribution in [3.63, 3.8) is 0 Å². The Morgan fingerprint density at radius 3 is 2.89 bits per heavy atom. The fourth-order valence-electron chi connectivity index (χ4n) is 2.32. The SMILES string of the molecule is C[C@@]12CCC(=O)N1[C@@H](C(=O)NCC(F)(F)F)CS2. The van der Waals surface area contributed by atoms with E-state index in [-0.39, 0.29) is 5.91 Å². The van der Waals surface area contributed by atoms with Gasteiger partial charge in [-0.3, -0.25) is 9.59 Å². The number of nitrogens with zero attached hydrogens (tertiary/aromatic N) is 1. The Morgan fingerprint density at radius 2 is 2.28 bits per heavy atom. The van der Waals surface area contributed by atoms with Crippen LogP contribution < -0.4 is 5.32 Å². The molecule has 0 radical (unpaired) electrons. The van der Waals surface area contributed by atoms with Crippen LogP contribution in [0.25, 0.3) is 0 Å². The van der Waals surface area contributed by atoms with Crippen molar-refractivity contribution in [3.8, 4) is 0 Å². The van der Waals surface area contributed by atoms with E-state index in [0.29, 0.717) is 18.6 Å². The minimum atomic E-state index is -4.43. The fraction of sp³-hybridized carbons (Fsp3) is 0.800. The van der Waals surface area contributed by atoms with Gasteiger partial charge in [-0.25, -0.2) is 0 Å². The number of amides is 2. The van der Waals surface area contributed by atoms with Gasteiger partial charge in [0.25, 0.3) is 0 Å². The summed E-state index contributed by atoms with van der Waals surface area (Å²) >= 11 is 1.45. The number of carbonyl (C=O) groups is 2. The van der Waals surface area contributed by atoms with Gasteiger partial charge in [-0.05, 0) is 13.3 Å². The molecule has 2 aliphatic rings. The van der Waals surface area contributed by atoms with E-state index in [1.165, 1.54) is 16.7 Å². The van der Waals surface area contributed by atoms with E-state index in [0.717, 1.165) is 0 Å². The van der Waals surface area contributed by atoms with E-state index in [1.54, 1.807) is 0 Å². The molecule has 8 heteroatoms. The molecule has 2 aliphatic heterocycles. The summed E-state index contributed by atoms with van der Waals surface area (Å²) in [5.74, 6) is -0.528. The number of nitrogens with one attached hydrogen (secondary N) is 1. The van der Waals surface area contributed by atoms with E-state index in [9.17, 15) is 22.8 Å². The monoisotopic (exact) mass is 282 g/mol.